The van der Waals surface area contributed by atoms with Crippen molar-refractivity contribution in [3.63, 3.8) is 0 Å². The number of hydrogen-bond donors (Lipinski definition) is 1. The highest BCUT2D eigenvalue weighted by Crippen LogP contribution is 2.30. The molecule has 1 fully saturated rings. The first-order valence-corrected chi connectivity index (χ1v) is 15.7. The van der Waals surface area contributed by atoms with Crippen molar-refractivity contribution in [1.29, 1.82) is 0 Å². The number of anilines is 1. The highest BCUT2D eigenvalue weighted by Gasteiger charge is 2.35. The predicted molar refractivity (Wildman–Crippen MR) is 159 cm³/mol. The average molecular weight is 621 g/mol. The van der Waals surface area contributed by atoms with Crippen LogP contribution in [0.25, 0.3) is 0 Å². The zero-order valence-electron chi connectivity index (χ0n) is 22.6. The summed E-state index contributed by atoms with van der Waals surface area (Å²) in [6.45, 7) is 0.862. The minimum absolute atomic E-state index is 0.00535. The highest BCUT2D eigenvalue weighted by molar-refractivity contribution is 7.92. The van der Waals surface area contributed by atoms with Crippen molar-refractivity contribution < 1.29 is 22.4 Å². The molecule has 1 saturated carbocycles. The summed E-state index contributed by atoms with van der Waals surface area (Å²) in [5.74, 6) is -1.87. The van der Waals surface area contributed by atoms with Gasteiger partial charge in [0, 0.05) is 28.2 Å². The fourth-order valence-corrected chi connectivity index (χ4v) is 6.99. The van der Waals surface area contributed by atoms with Gasteiger partial charge in [-0.1, -0.05) is 79.4 Å². The van der Waals surface area contributed by atoms with Crippen LogP contribution in [0.3, 0.4) is 0 Å². The van der Waals surface area contributed by atoms with E-state index in [1.807, 2.05) is 0 Å². The molecule has 0 radical (unpaired) electrons. The van der Waals surface area contributed by atoms with Gasteiger partial charge in [0.05, 0.1) is 10.6 Å². The summed E-state index contributed by atoms with van der Waals surface area (Å²) in [6, 6.07) is 16.8. The standard InChI is InChI=1S/C30H32Cl2FN3O4S/c1-2-27(30(38)34-21-11-6-7-12-21)35(19-23-24(31)15-10-16-25(23)32)29(37)20-36(28-18-9-8-17-26(28)33)41(39,40)22-13-4-3-5-14-22/h3-5,8-10,13-18,21,27H,2,6-7,11-12,19-20H2,1H3,(H,34,38)/t27-/m1/s1. The molecule has 0 saturated heterocycles. The minimum atomic E-state index is -4.37. The molecule has 3 aromatic rings. The Morgan fingerprint density at radius 1 is 0.951 bits per heavy atom. The molecule has 0 aromatic heterocycles. The second-order valence-corrected chi connectivity index (χ2v) is 12.6. The van der Waals surface area contributed by atoms with Crippen LogP contribution in [0.5, 0.6) is 0 Å². The summed E-state index contributed by atoms with van der Waals surface area (Å²) in [7, 11) is -4.37. The van der Waals surface area contributed by atoms with Crippen LogP contribution in [0, 0.1) is 5.82 Å². The van der Waals surface area contributed by atoms with Crippen molar-refractivity contribution in [2.24, 2.45) is 0 Å². The number of nitrogens with zero attached hydrogens (tertiary/aromatic N) is 2. The second-order valence-electron chi connectivity index (χ2n) is 9.91. The van der Waals surface area contributed by atoms with Crippen molar-refractivity contribution in [3.05, 3.63) is 94.2 Å². The number of hydrogen-bond acceptors (Lipinski definition) is 4. The Morgan fingerprint density at radius 3 is 2.17 bits per heavy atom. The molecule has 11 heteroatoms. The third kappa shape index (κ3) is 7.20. The van der Waals surface area contributed by atoms with Crippen LogP contribution in [0.2, 0.25) is 10.0 Å². The molecule has 0 spiro atoms. The number of rotatable bonds is 11. The molecule has 0 bridgehead atoms. The van der Waals surface area contributed by atoms with E-state index in [1.165, 1.54) is 35.2 Å². The first-order chi connectivity index (χ1) is 19.6. The zero-order valence-corrected chi connectivity index (χ0v) is 24.9. The third-order valence-electron chi connectivity index (χ3n) is 7.21. The smallest absolute Gasteiger partial charge is 0.264 e. The summed E-state index contributed by atoms with van der Waals surface area (Å²) in [4.78, 5) is 28.8. The van der Waals surface area contributed by atoms with Crippen molar-refractivity contribution in [2.75, 3.05) is 10.8 Å². The van der Waals surface area contributed by atoms with E-state index >= 15 is 4.39 Å². The van der Waals surface area contributed by atoms with E-state index in [9.17, 15) is 18.0 Å². The molecule has 7 nitrogen and oxygen atoms in total. The van der Waals surface area contributed by atoms with E-state index in [-0.39, 0.29) is 35.5 Å². The van der Waals surface area contributed by atoms with E-state index in [4.69, 9.17) is 23.2 Å². The van der Waals surface area contributed by atoms with Gasteiger partial charge in [-0.25, -0.2) is 12.8 Å². The topological polar surface area (TPSA) is 86.8 Å². The van der Waals surface area contributed by atoms with Crippen molar-refractivity contribution in [2.45, 2.75) is 62.6 Å². The quantitative estimate of drug-likeness (QED) is 0.277. The fraction of sp³-hybridized carbons (Fsp3) is 0.333. The lowest BCUT2D eigenvalue weighted by atomic mass is 10.1. The first kappa shape index (κ1) is 30.8. The minimum Gasteiger partial charge on any atom is -0.352 e. The Balaban J connectivity index is 1.75. The van der Waals surface area contributed by atoms with Gasteiger partial charge in [0.1, 0.15) is 18.4 Å². The molecule has 3 aromatic carbocycles. The van der Waals surface area contributed by atoms with Gasteiger partial charge in [-0.2, -0.15) is 0 Å². The van der Waals surface area contributed by atoms with Crippen LogP contribution in [0.4, 0.5) is 10.1 Å². The van der Waals surface area contributed by atoms with Gasteiger partial charge in [-0.15, -0.1) is 0 Å². The van der Waals surface area contributed by atoms with Gasteiger partial charge in [0.15, 0.2) is 0 Å². The van der Waals surface area contributed by atoms with E-state index < -0.39 is 34.3 Å². The summed E-state index contributed by atoms with van der Waals surface area (Å²) >= 11 is 12.9. The van der Waals surface area contributed by atoms with E-state index in [1.54, 1.807) is 43.3 Å². The van der Waals surface area contributed by atoms with Crippen LogP contribution in [-0.4, -0.2) is 43.8 Å². The summed E-state index contributed by atoms with van der Waals surface area (Å²) in [5.41, 5.74) is 0.128. The largest absolute Gasteiger partial charge is 0.352 e. The van der Waals surface area contributed by atoms with Gasteiger partial charge >= 0.3 is 0 Å². The van der Waals surface area contributed by atoms with Crippen LogP contribution >= 0.6 is 23.2 Å². The number of nitrogens with one attached hydrogen (secondary N) is 1. The Morgan fingerprint density at radius 2 is 1.56 bits per heavy atom. The molecule has 218 valence electrons. The highest BCUT2D eigenvalue weighted by atomic mass is 35.5. The maximum absolute atomic E-state index is 15.0. The van der Waals surface area contributed by atoms with Crippen molar-refractivity contribution in [3.8, 4) is 0 Å². The number of carbonyl (C=O) groups excluding carboxylic acids is 2. The van der Waals surface area contributed by atoms with Gasteiger partial charge in [0.2, 0.25) is 11.8 Å². The molecular formula is C30H32Cl2FN3O4S. The molecule has 0 unspecified atom stereocenters. The van der Waals surface area contributed by atoms with Gasteiger partial charge in [-0.05, 0) is 55.7 Å². The normalized spacial score (nSPS) is 14.4. The Kier molecular flexibility index (Phi) is 10.3. The number of halogens is 3. The molecule has 4 rings (SSSR count). The Hall–Kier alpha value is -3.14. The van der Waals surface area contributed by atoms with E-state index in [0.717, 1.165) is 36.1 Å². The Labute approximate surface area is 250 Å². The molecule has 0 aliphatic heterocycles. The molecule has 1 aliphatic rings. The molecule has 0 heterocycles. The first-order valence-electron chi connectivity index (χ1n) is 13.5. The van der Waals surface area contributed by atoms with Crippen LogP contribution < -0.4 is 9.62 Å². The molecule has 1 atom stereocenters. The lowest BCUT2D eigenvalue weighted by Gasteiger charge is -2.34. The number of sulfonamides is 1. The third-order valence-corrected chi connectivity index (χ3v) is 9.69. The maximum atomic E-state index is 15.0. The van der Waals surface area contributed by atoms with Crippen molar-refractivity contribution >= 4 is 50.7 Å². The van der Waals surface area contributed by atoms with Crippen LogP contribution in [-0.2, 0) is 26.2 Å². The lowest BCUT2D eigenvalue weighted by Crippen LogP contribution is -2.53. The fourth-order valence-electron chi connectivity index (χ4n) is 5.03. The zero-order chi connectivity index (χ0) is 29.6. The molecule has 1 N–H and O–H groups in total. The van der Waals surface area contributed by atoms with Crippen LogP contribution in [0.1, 0.15) is 44.6 Å². The molecular weight excluding hydrogens is 588 g/mol. The second kappa shape index (κ2) is 13.7. The molecule has 2 amide bonds. The van der Waals surface area contributed by atoms with E-state index in [0.29, 0.717) is 15.6 Å². The molecule has 1 aliphatic carbocycles. The number of para-hydroxylation sites is 1. The Bertz CT molecular complexity index is 1460. The number of benzene rings is 3. The maximum Gasteiger partial charge on any atom is 0.264 e. The number of amides is 2. The van der Waals surface area contributed by atoms with Crippen molar-refractivity contribution in [1.82, 2.24) is 10.2 Å². The SMILES string of the molecule is CC[C@H](C(=O)NC1CCCC1)N(Cc1c(Cl)cccc1Cl)C(=O)CN(c1ccccc1F)S(=O)(=O)c1ccccc1. The van der Waals surface area contributed by atoms with E-state index in [2.05, 4.69) is 5.32 Å². The van der Waals surface area contributed by atoms with Gasteiger partial charge in [-0.3, -0.25) is 13.9 Å². The van der Waals surface area contributed by atoms with Gasteiger partial charge < -0.3 is 10.2 Å². The summed E-state index contributed by atoms with van der Waals surface area (Å²) in [5, 5.41) is 3.63. The predicted octanol–water partition coefficient (Wildman–Crippen LogP) is 6.19. The summed E-state index contributed by atoms with van der Waals surface area (Å²) < 4.78 is 43.3. The monoisotopic (exact) mass is 619 g/mol. The lowest BCUT2D eigenvalue weighted by molar-refractivity contribution is -0.140. The van der Waals surface area contributed by atoms with Gasteiger partial charge in [0.25, 0.3) is 10.0 Å². The molecule has 41 heavy (non-hydrogen) atoms. The summed E-state index contributed by atoms with van der Waals surface area (Å²) in [6.07, 6.45) is 3.96. The van der Waals surface area contributed by atoms with Crippen LogP contribution in [0.15, 0.2) is 77.7 Å². The average Bonchev–Trinajstić information content (AvgIpc) is 3.47. The number of carbonyl (C=O) groups is 2.